The molecule has 0 spiro atoms. The second-order valence-electron chi connectivity index (χ2n) is 3.74. The maximum atomic E-state index is 13.9. The van der Waals surface area contributed by atoms with Crippen molar-refractivity contribution < 1.29 is 14.7 Å². The maximum Gasteiger partial charge on any atom is 0.173 e. The van der Waals surface area contributed by atoms with Crippen molar-refractivity contribution in [3.05, 3.63) is 35.1 Å². The van der Waals surface area contributed by atoms with Gasteiger partial charge in [-0.2, -0.15) is 0 Å². The highest BCUT2D eigenvalue weighted by atomic mass is 19.1. The van der Waals surface area contributed by atoms with E-state index in [-0.39, 0.29) is 17.9 Å². The number of nitrogens with one attached hydrogen (secondary N) is 1. The van der Waals surface area contributed by atoms with Crippen LogP contribution in [0.25, 0.3) is 0 Å². The zero-order valence-corrected chi connectivity index (χ0v) is 9.52. The summed E-state index contributed by atoms with van der Waals surface area (Å²) in [5.74, 6) is -0.791. The molecule has 0 bridgehead atoms. The number of benzene rings is 1. The quantitative estimate of drug-likeness (QED) is 0.260. The van der Waals surface area contributed by atoms with Gasteiger partial charge >= 0.3 is 0 Å². The second-order valence-corrected chi connectivity index (χ2v) is 3.74. The number of nitrogens with two attached hydrogens (primary N) is 1. The Bertz CT molecular complexity index is 408. The molecule has 0 radical (unpaired) electrons. The summed E-state index contributed by atoms with van der Waals surface area (Å²) in [6.07, 6.45) is -0.495. The van der Waals surface area contributed by atoms with Gasteiger partial charge < -0.3 is 21.4 Å². The van der Waals surface area contributed by atoms with Gasteiger partial charge in [-0.25, -0.2) is 4.39 Å². The van der Waals surface area contributed by atoms with Crippen molar-refractivity contribution in [1.82, 2.24) is 5.32 Å². The van der Waals surface area contributed by atoms with Crippen LogP contribution in [-0.4, -0.2) is 28.8 Å². The lowest BCUT2D eigenvalue weighted by molar-refractivity contribution is 0.191. The normalized spacial score (nSPS) is 13.7. The number of halogens is 1. The zero-order chi connectivity index (χ0) is 12.8. The number of amidine groups is 1. The second kappa shape index (κ2) is 6.17. The first-order valence-corrected chi connectivity index (χ1v) is 5.20. The Balaban J connectivity index is 2.80. The number of rotatable bonds is 5. The number of nitrogens with zero attached hydrogens (tertiary/aromatic N) is 1. The van der Waals surface area contributed by atoms with E-state index in [0.717, 1.165) is 0 Å². The molecule has 0 aliphatic carbocycles. The minimum atomic E-state index is -0.527. The summed E-state index contributed by atoms with van der Waals surface area (Å²) in [5, 5.41) is 23.2. The van der Waals surface area contributed by atoms with Crippen LogP contribution in [0.1, 0.15) is 18.1 Å². The van der Waals surface area contributed by atoms with Crippen molar-refractivity contribution in [2.24, 2.45) is 10.9 Å². The average molecular weight is 241 g/mol. The molecule has 17 heavy (non-hydrogen) atoms. The molecule has 1 rings (SSSR count). The summed E-state index contributed by atoms with van der Waals surface area (Å²) in [6, 6.07) is 4.65. The molecule has 1 atom stereocenters. The Kier molecular flexibility index (Phi) is 4.86. The minimum absolute atomic E-state index is 0.0591. The van der Waals surface area contributed by atoms with E-state index in [1.165, 1.54) is 6.07 Å². The van der Waals surface area contributed by atoms with Gasteiger partial charge in [0.25, 0.3) is 0 Å². The summed E-state index contributed by atoms with van der Waals surface area (Å²) in [7, 11) is 0. The molecule has 6 heteroatoms. The molecular weight excluding hydrogens is 225 g/mol. The van der Waals surface area contributed by atoms with Crippen LogP contribution in [0.3, 0.4) is 0 Å². The van der Waals surface area contributed by atoms with Gasteiger partial charge in [-0.05, 0) is 13.0 Å². The molecule has 0 aromatic heterocycles. The summed E-state index contributed by atoms with van der Waals surface area (Å²) in [4.78, 5) is 0. The van der Waals surface area contributed by atoms with Crippen molar-refractivity contribution >= 4 is 5.84 Å². The van der Waals surface area contributed by atoms with E-state index < -0.39 is 11.9 Å². The summed E-state index contributed by atoms with van der Waals surface area (Å²) < 4.78 is 13.9. The van der Waals surface area contributed by atoms with E-state index in [4.69, 9.17) is 16.0 Å². The molecule has 0 aliphatic rings. The van der Waals surface area contributed by atoms with Crippen molar-refractivity contribution in [1.29, 1.82) is 0 Å². The Morgan fingerprint density at radius 1 is 1.59 bits per heavy atom. The Labute approximate surface area is 98.7 Å². The van der Waals surface area contributed by atoms with Crippen LogP contribution in [0.2, 0.25) is 0 Å². The monoisotopic (exact) mass is 241 g/mol. The lowest BCUT2D eigenvalue weighted by Gasteiger charge is -2.09. The van der Waals surface area contributed by atoms with Crippen molar-refractivity contribution in [3.63, 3.8) is 0 Å². The van der Waals surface area contributed by atoms with Gasteiger partial charge in [0.1, 0.15) is 5.82 Å². The highest BCUT2D eigenvalue weighted by Crippen LogP contribution is 2.12. The fourth-order valence-electron chi connectivity index (χ4n) is 1.38. The molecule has 5 N–H and O–H groups in total. The van der Waals surface area contributed by atoms with E-state index in [0.29, 0.717) is 12.1 Å². The van der Waals surface area contributed by atoms with Gasteiger partial charge in [-0.3, -0.25) is 0 Å². The summed E-state index contributed by atoms with van der Waals surface area (Å²) in [6.45, 7) is 2.27. The lowest BCUT2D eigenvalue weighted by atomic mass is 10.1. The standard InChI is InChI=1S/C11H16FN3O2/c1-7(16)5-14-6-8-3-2-4-9(10(8)12)11(13)15-17/h2-4,7,14,16-17H,5-6H2,1H3,(H2,13,15). The lowest BCUT2D eigenvalue weighted by Crippen LogP contribution is -2.25. The third kappa shape index (κ3) is 3.69. The molecule has 0 saturated heterocycles. The van der Waals surface area contributed by atoms with Crippen LogP contribution >= 0.6 is 0 Å². The number of aliphatic hydroxyl groups is 1. The minimum Gasteiger partial charge on any atom is -0.409 e. The van der Waals surface area contributed by atoms with Gasteiger partial charge in [-0.15, -0.1) is 0 Å². The van der Waals surface area contributed by atoms with E-state index in [1.54, 1.807) is 19.1 Å². The maximum absolute atomic E-state index is 13.9. The van der Waals surface area contributed by atoms with Crippen LogP contribution in [0.4, 0.5) is 4.39 Å². The van der Waals surface area contributed by atoms with Crippen LogP contribution in [0.5, 0.6) is 0 Å². The van der Waals surface area contributed by atoms with Crippen molar-refractivity contribution in [3.8, 4) is 0 Å². The van der Waals surface area contributed by atoms with Crippen LogP contribution in [0.15, 0.2) is 23.4 Å². The molecular formula is C11H16FN3O2. The average Bonchev–Trinajstić information content (AvgIpc) is 2.30. The summed E-state index contributed by atoms with van der Waals surface area (Å²) >= 11 is 0. The van der Waals surface area contributed by atoms with Crippen LogP contribution in [0, 0.1) is 5.82 Å². The fraction of sp³-hybridized carbons (Fsp3) is 0.364. The van der Waals surface area contributed by atoms with E-state index >= 15 is 0 Å². The molecule has 0 aliphatic heterocycles. The van der Waals surface area contributed by atoms with E-state index in [2.05, 4.69) is 10.5 Å². The highest BCUT2D eigenvalue weighted by Gasteiger charge is 2.11. The number of aliphatic hydroxyl groups excluding tert-OH is 1. The van der Waals surface area contributed by atoms with Crippen LogP contribution in [-0.2, 0) is 6.54 Å². The first kappa shape index (κ1) is 13.4. The topological polar surface area (TPSA) is 90.9 Å². The number of hydrogen-bond acceptors (Lipinski definition) is 4. The third-order valence-corrected chi connectivity index (χ3v) is 2.22. The predicted octanol–water partition coefficient (Wildman–Crippen LogP) is 0.391. The molecule has 0 heterocycles. The van der Waals surface area contributed by atoms with Gasteiger partial charge in [0.15, 0.2) is 5.84 Å². The molecule has 1 aromatic carbocycles. The van der Waals surface area contributed by atoms with Crippen molar-refractivity contribution in [2.45, 2.75) is 19.6 Å². The molecule has 5 nitrogen and oxygen atoms in total. The first-order chi connectivity index (χ1) is 8.06. The van der Waals surface area contributed by atoms with E-state index in [9.17, 15) is 4.39 Å². The molecule has 1 unspecified atom stereocenters. The predicted molar refractivity (Wildman–Crippen MR) is 62.3 cm³/mol. The molecule has 1 aromatic rings. The number of oxime groups is 1. The highest BCUT2D eigenvalue weighted by molar-refractivity contribution is 5.97. The Morgan fingerprint density at radius 2 is 2.29 bits per heavy atom. The largest absolute Gasteiger partial charge is 0.409 e. The SMILES string of the molecule is CC(O)CNCc1cccc(/C(N)=N/O)c1F. The first-order valence-electron chi connectivity index (χ1n) is 5.20. The van der Waals surface area contributed by atoms with Crippen LogP contribution < -0.4 is 11.1 Å². The fourth-order valence-corrected chi connectivity index (χ4v) is 1.38. The Hall–Kier alpha value is -1.66. The Morgan fingerprint density at radius 3 is 2.88 bits per heavy atom. The molecule has 0 amide bonds. The van der Waals surface area contributed by atoms with E-state index in [1.807, 2.05) is 0 Å². The van der Waals surface area contributed by atoms with Gasteiger partial charge in [0.2, 0.25) is 0 Å². The molecule has 0 fully saturated rings. The number of hydrogen-bond donors (Lipinski definition) is 4. The smallest absolute Gasteiger partial charge is 0.173 e. The summed E-state index contributed by atoms with van der Waals surface area (Å²) in [5.41, 5.74) is 5.80. The van der Waals surface area contributed by atoms with Gasteiger partial charge in [0.05, 0.1) is 11.7 Å². The molecule has 94 valence electrons. The van der Waals surface area contributed by atoms with Gasteiger partial charge in [0, 0.05) is 18.7 Å². The zero-order valence-electron chi connectivity index (χ0n) is 9.52. The van der Waals surface area contributed by atoms with Gasteiger partial charge in [-0.1, -0.05) is 17.3 Å². The third-order valence-electron chi connectivity index (χ3n) is 2.22. The van der Waals surface area contributed by atoms with Crippen molar-refractivity contribution in [2.75, 3.05) is 6.54 Å². The molecule has 0 saturated carbocycles.